The molecule has 188 valence electrons. The minimum absolute atomic E-state index is 0.0614. The number of likely N-dealkylation sites (tertiary alicyclic amines) is 1. The van der Waals surface area contributed by atoms with E-state index >= 15 is 0 Å². The third-order valence-electron chi connectivity index (χ3n) is 5.56. The van der Waals surface area contributed by atoms with Crippen molar-refractivity contribution in [1.29, 1.82) is 0 Å². The van der Waals surface area contributed by atoms with Gasteiger partial charge in [-0.1, -0.05) is 23.7 Å². The third kappa shape index (κ3) is 5.55. The van der Waals surface area contributed by atoms with E-state index in [1.54, 1.807) is 31.4 Å². The van der Waals surface area contributed by atoms with Gasteiger partial charge in [0.05, 0.1) is 42.5 Å². The minimum atomic E-state index is -0.840. The molecule has 8 nitrogen and oxygen atoms in total. The summed E-state index contributed by atoms with van der Waals surface area (Å²) < 4.78 is 21.6. The number of carbonyl (C=O) groups is 2. The quantitative estimate of drug-likeness (QED) is 0.219. The predicted octanol–water partition coefficient (Wildman–Crippen LogP) is 4.60. The zero-order chi connectivity index (χ0) is 25.7. The van der Waals surface area contributed by atoms with Crippen LogP contribution in [0.5, 0.6) is 17.2 Å². The lowest BCUT2D eigenvalue weighted by Crippen LogP contribution is -2.31. The van der Waals surface area contributed by atoms with Crippen LogP contribution in [0.2, 0.25) is 5.02 Å². The lowest BCUT2D eigenvalue weighted by atomic mass is 9.94. The van der Waals surface area contributed by atoms with Crippen LogP contribution in [0.15, 0.2) is 42.0 Å². The summed E-state index contributed by atoms with van der Waals surface area (Å²) in [5.74, 6) is -0.722. The van der Waals surface area contributed by atoms with Gasteiger partial charge in [0, 0.05) is 26.3 Å². The monoisotopic (exact) mass is 503 g/mol. The molecular weight excluding hydrogens is 474 g/mol. The highest BCUT2D eigenvalue weighted by Crippen LogP contribution is 2.43. The molecule has 1 unspecified atom stereocenters. The summed E-state index contributed by atoms with van der Waals surface area (Å²) in [5.41, 5.74) is 0.737. The Morgan fingerprint density at radius 1 is 1.09 bits per heavy atom. The van der Waals surface area contributed by atoms with Crippen LogP contribution in [0.1, 0.15) is 37.4 Å². The number of ether oxygens (including phenoxy) is 4. The maximum atomic E-state index is 13.2. The lowest BCUT2D eigenvalue weighted by Gasteiger charge is -2.26. The molecule has 1 aliphatic heterocycles. The number of hydrogen-bond acceptors (Lipinski definition) is 7. The Labute approximate surface area is 210 Å². The van der Waals surface area contributed by atoms with Crippen molar-refractivity contribution in [3.05, 3.63) is 58.1 Å². The number of ketones is 1. The summed E-state index contributed by atoms with van der Waals surface area (Å²) in [4.78, 5) is 27.8. The van der Waals surface area contributed by atoms with Crippen LogP contribution in [0, 0.1) is 0 Å². The standard InChI is InChI=1S/C26H30ClNO7/c1-15(2)35-17-9-6-8-16(12-17)23-22(25(30)26(31)28(23)10-7-11-32-3)24(29)18-13-19(27)21(34-5)14-20(18)33-4/h6,8-9,12-15,23,29H,7,10-11H2,1-5H3/b24-22+. The molecule has 0 spiro atoms. The molecule has 1 N–H and O–H groups in total. The van der Waals surface area contributed by atoms with Crippen molar-refractivity contribution in [3.63, 3.8) is 0 Å². The van der Waals surface area contributed by atoms with Crippen LogP contribution in [0.3, 0.4) is 0 Å². The molecule has 0 bridgehead atoms. The SMILES string of the molecule is COCCCN1C(=O)C(=O)/C(=C(/O)c2cc(Cl)c(OC)cc2OC)C1c1cccc(OC(C)C)c1. The second kappa shape index (κ2) is 11.5. The number of amides is 1. The molecule has 1 fully saturated rings. The fraction of sp³-hybridized carbons (Fsp3) is 0.385. The largest absolute Gasteiger partial charge is 0.507 e. The molecule has 2 aromatic rings. The second-order valence-electron chi connectivity index (χ2n) is 8.26. The summed E-state index contributed by atoms with van der Waals surface area (Å²) in [6.45, 7) is 4.48. The van der Waals surface area contributed by atoms with Crippen molar-refractivity contribution in [3.8, 4) is 17.2 Å². The van der Waals surface area contributed by atoms with Crippen molar-refractivity contribution >= 4 is 29.1 Å². The van der Waals surface area contributed by atoms with Crippen LogP contribution >= 0.6 is 11.6 Å². The first-order chi connectivity index (χ1) is 16.7. The van der Waals surface area contributed by atoms with E-state index in [4.69, 9.17) is 30.5 Å². The molecule has 0 saturated carbocycles. The molecule has 1 atom stereocenters. The fourth-order valence-electron chi connectivity index (χ4n) is 4.06. The highest BCUT2D eigenvalue weighted by molar-refractivity contribution is 6.46. The molecular formula is C26H30ClNO7. The van der Waals surface area contributed by atoms with Crippen LogP contribution in [-0.4, -0.2) is 62.3 Å². The Hall–Kier alpha value is -3.23. The summed E-state index contributed by atoms with van der Waals surface area (Å²) in [5, 5.41) is 11.6. The second-order valence-corrected chi connectivity index (χ2v) is 8.67. The first kappa shape index (κ1) is 26.4. The Morgan fingerprint density at radius 2 is 1.80 bits per heavy atom. The molecule has 1 aliphatic rings. The Bertz CT molecular complexity index is 1130. The van der Waals surface area contributed by atoms with E-state index in [9.17, 15) is 14.7 Å². The van der Waals surface area contributed by atoms with Gasteiger partial charge in [-0.2, -0.15) is 0 Å². The van der Waals surface area contributed by atoms with Crippen molar-refractivity contribution in [2.24, 2.45) is 0 Å². The average Bonchev–Trinajstić information content (AvgIpc) is 3.08. The maximum absolute atomic E-state index is 13.2. The zero-order valence-corrected chi connectivity index (χ0v) is 21.2. The van der Waals surface area contributed by atoms with Gasteiger partial charge < -0.3 is 29.0 Å². The number of aliphatic hydroxyl groups excluding tert-OH is 1. The maximum Gasteiger partial charge on any atom is 0.295 e. The predicted molar refractivity (Wildman–Crippen MR) is 132 cm³/mol. The highest BCUT2D eigenvalue weighted by atomic mass is 35.5. The van der Waals surface area contributed by atoms with Gasteiger partial charge in [0.25, 0.3) is 11.7 Å². The van der Waals surface area contributed by atoms with Gasteiger partial charge in [-0.25, -0.2) is 0 Å². The van der Waals surface area contributed by atoms with Crippen LogP contribution < -0.4 is 14.2 Å². The number of hydrogen-bond donors (Lipinski definition) is 1. The summed E-state index contributed by atoms with van der Waals surface area (Å²) in [7, 11) is 4.45. The van der Waals surface area contributed by atoms with Crippen molar-refractivity contribution in [1.82, 2.24) is 4.90 Å². The van der Waals surface area contributed by atoms with Crippen LogP contribution in [-0.2, 0) is 14.3 Å². The van der Waals surface area contributed by atoms with Crippen molar-refractivity contribution < 1.29 is 33.6 Å². The van der Waals surface area contributed by atoms with E-state index in [2.05, 4.69) is 0 Å². The zero-order valence-electron chi connectivity index (χ0n) is 20.5. The topological polar surface area (TPSA) is 94.5 Å². The molecule has 1 saturated heterocycles. The molecule has 35 heavy (non-hydrogen) atoms. The Kier molecular flexibility index (Phi) is 8.64. The first-order valence-electron chi connectivity index (χ1n) is 11.2. The molecule has 9 heteroatoms. The smallest absolute Gasteiger partial charge is 0.295 e. The molecule has 1 amide bonds. The van der Waals surface area contributed by atoms with E-state index in [0.29, 0.717) is 30.1 Å². The van der Waals surface area contributed by atoms with Crippen molar-refractivity contribution in [2.45, 2.75) is 32.4 Å². The fourth-order valence-corrected chi connectivity index (χ4v) is 4.30. The number of benzene rings is 2. The Balaban J connectivity index is 2.21. The van der Waals surface area contributed by atoms with Gasteiger partial charge in [0.1, 0.15) is 23.0 Å². The molecule has 1 heterocycles. The molecule has 3 rings (SSSR count). The normalized spacial score (nSPS) is 17.2. The van der Waals surface area contributed by atoms with E-state index in [1.807, 2.05) is 13.8 Å². The average molecular weight is 504 g/mol. The first-order valence-corrected chi connectivity index (χ1v) is 11.6. The third-order valence-corrected chi connectivity index (χ3v) is 5.86. The Morgan fingerprint density at radius 3 is 2.43 bits per heavy atom. The van der Waals surface area contributed by atoms with Crippen LogP contribution in [0.25, 0.3) is 5.76 Å². The number of nitrogens with zero attached hydrogens (tertiary/aromatic N) is 1. The number of carbonyl (C=O) groups excluding carboxylic acids is 2. The van der Waals surface area contributed by atoms with E-state index in [0.717, 1.165) is 0 Å². The highest BCUT2D eigenvalue weighted by Gasteiger charge is 2.46. The number of methoxy groups -OCH3 is 3. The van der Waals surface area contributed by atoms with Gasteiger partial charge in [0.2, 0.25) is 0 Å². The number of halogens is 1. The van der Waals surface area contributed by atoms with Crippen LogP contribution in [0.4, 0.5) is 0 Å². The number of aliphatic hydroxyl groups is 1. The molecule has 0 aliphatic carbocycles. The van der Waals surface area contributed by atoms with E-state index in [-0.39, 0.29) is 40.3 Å². The van der Waals surface area contributed by atoms with Gasteiger partial charge in [-0.05, 0) is 44.0 Å². The van der Waals surface area contributed by atoms with Gasteiger partial charge in [-0.3, -0.25) is 9.59 Å². The van der Waals surface area contributed by atoms with E-state index < -0.39 is 17.7 Å². The summed E-state index contributed by atoms with van der Waals surface area (Å²) in [6, 6.07) is 9.26. The minimum Gasteiger partial charge on any atom is -0.507 e. The van der Waals surface area contributed by atoms with Crippen molar-refractivity contribution in [2.75, 3.05) is 34.5 Å². The number of Topliss-reactive ketones (excluding diaryl/α,β-unsaturated/α-hetero) is 1. The summed E-state index contributed by atoms with van der Waals surface area (Å²) >= 11 is 6.30. The molecule has 2 aromatic carbocycles. The molecule has 0 aromatic heterocycles. The van der Waals surface area contributed by atoms with Gasteiger partial charge in [-0.15, -0.1) is 0 Å². The van der Waals surface area contributed by atoms with Gasteiger partial charge in [0.15, 0.2) is 0 Å². The lowest BCUT2D eigenvalue weighted by molar-refractivity contribution is -0.140. The molecule has 0 radical (unpaired) electrons. The number of rotatable bonds is 10. The summed E-state index contributed by atoms with van der Waals surface area (Å²) in [6.07, 6.45) is 0.448. The van der Waals surface area contributed by atoms with E-state index in [1.165, 1.54) is 31.3 Å². The van der Waals surface area contributed by atoms with Gasteiger partial charge >= 0.3 is 0 Å².